The molecular weight excluding hydrogens is 570 g/mol. The van der Waals surface area contributed by atoms with Gasteiger partial charge in [-0.2, -0.15) is 10.2 Å². The Labute approximate surface area is 262 Å². The Hall–Kier alpha value is -5.27. The van der Waals surface area contributed by atoms with Crippen molar-refractivity contribution in [3.63, 3.8) is 0 Å². The molecule has 0 N–H and O–H groups in total. The van der Waals surface area contributed by atoms with Gasteiger partial charge >= 0.3 is 11.9 Å². The number of aryl methyl sites for hydroxylation is 2. The first-order valence-electron chi connectivity index (χ1n) is 14.8. The summed E-state index contributed by atoms with van der Waals surface area (Å²) in [5, 5.41) is 9.13. The number of piperazine rings is 1. The number of aromatic nitrogens is 2. The number of nitriles is 1. The zero-order valence-electron chi connectivity index (χ0n) is 25.9. The summed E-state index contributed by atoms with van der Waals surface area (Å²) in [5.74, 6) is 0.276. The van der Waals surface area contributed by atoms with Gasteiger partial charge in [-0.1, -0.05) is 30.3 Å². The standard InChI is InChI=1S/C35H35N5O5/c1-5-44-34(42)30-21-37-35(40-16-14-39(15-17-40)22-27-8-6-7-9-29(27)33(41)43-4)38-32(30)45-31-23(2)18-28(19-24(31)3)26-12-10-25(20-36)11-13-26/h6-13,18-19,21H,5,14-17,22H2,1-4H3. The van der Waals surface area contributed by atoms with Gasteiger partial charge in [0.1, 0.15) is 11.3 Å². The fourth-order valence-electron chi connectivity index (χ4n) is 5.36. The van der Waals surface area contributed by atoms with Crippen LogP contribution in [0.5, 0.6) is 11.6 Å². The average molecular weight is 606 g/mol. The van der Waals surface area contributed by atoms with E-state index in [1.807, 2.05) is 56.3 Å². The molecule has 0 atom stereocenters. The molecule has 1 saturated heterocycles. The van der Waals surface area contributed by atoms with Gasteiger partial charge < -0.3 is 19.1 Å². The summed E-state index contributed by atoms with van der Waals surface area (Å²) >= 11 is 0. The number of carbonyl (C=O) groups is 2. The molecule has 1 aliphatic heterocycles. The highest BCUT2D eigenvalue weighted by Crippen LogP contribution is 2.35. The number of anilines is 1. The van der Waals surface area contributed by atoms with Crippen LogP contribution in [0.25, 0.3) is 11.1 Å². The third-order valence-corrected chi connectivity index (χ3v) is 7.71. The van der Waals surface area contributed by atoms with Crippen LogP contribution in [0.4, 0.5) is 5.95 Å². The van der Waals surface area contributed by atoms with Gasteiger partial charge in [0, 0.05) is 32.7 Å². The minimum Gasteiger partial charge on any atom is -0.465 e. The molecule has 0 unspecified atom stereocenters. The van der Waals surface area contributed by atoms with E-state index >= 15 is 0 Å². The molecule has 0 saturated carbocycles. The lowest BCUT2D eigenvalue weighted by molar-refractivity contribution is 0.0521. The van der Waals surface area contributed by atoms with Crippen molar-refractivity contribution in [3.05, 3.63) is 100 Å². The molecule has 45 heavy (non-hydrogen) atoms. The van der Waals surface area contributed by atoms with Crippen molar-refractivity contribution in [2.45, 2.75) is 27.3 Å². The SMILES string of the molecule is CCOC(=O)c1cnc(N2CCN(Cc3ccccc3C(=O)OC)CC2)nc1Oc1c(C)cc(-c2ccc(C#N)cc2)cc1C. The van der Waals surface area contributed by atoms with Gasteiger partial charge in [0.15, 0.2) is 0 Å². The first-order chi connectivity index (χ1) is 21.8. The first-order valence-corrected chi connectivity index (χ1v) is 14.8. The maximum atomic E-state index is 12.9. The molecule has 1 aromatic heterocycles. The molecule has 0 aliphatic carbocycles. The predicted octanol–water partition coefficient (Wildman–Crippen LogP) is 5.71. The molecule has 0 spiro atoms. The summed E-state index contributed by atoms with van der Waals surface area (Å²) in [6, 6.07) is 21.1. The maximum absolute atomic E-state index is 12.9. The van der Waals surface area contributed by atoms with Crippen LogP contribution in [0.2, 0.25) is 0 Å². The van der Waals surface area contributed by atoms with Gasteiger partial charge in [-0.3, -0.25) is 4.90 Å². The van der Waals surface area contributed by atoms with Crippen LogP contribution in [0.1, 0.15) is 49.9 Å². The summed E-state index contributed by atoms with van der Waals surface area (Å²) in [6.07, 6.45) is 1.46. The fraction of sp³-hybridized carbons (Fsp3) is 0.286. The lowest BCUT2D eigenvalue weighted by Crippen LogP contribution is -2.46. The third kappa shape index (κ3) is 7.11. The van der Waals surface area contributed by atoms with Gasteiger partial charge in [-0.25, -0.2) is 14.6 Å². The van der Waals surface area contributed by atoms with Crippen LogP contribution >= 0.6 is 0 Å². The van der Waals surface area contributed by atoms with Gasteiger partial charge in [0.25, 0.3) is 0 Å². The molecule has 0 bridgehead atoms. The summed E-state index contributed by atoms with van der Waals surface area (Å²) in [6.45, 7) is 9.20. The Morgan fingerprint density at radius 1 is 0.911 bits per heavy atom. The number of hydrogen-bond acceptors (Lipinski definition) is 10. The second-order valence-corrected chi connectivity index (χ2v) is 10.8. The van der Waals surface area contributed by atoms with E-state index in [2.05, 4.69) is 20.9 Å². The molecule has 10 heteroatoms. The second kappa shape index (κ2) is 14.0. The number of methoxy groups -OCH3 is 1. The Kier molecular flexibility index (Phi) is 9.70. The van der Waals surface area contributed by atoms with Crippen molar-refractivity contribution in [2.75, 3.05) is 44.8 Å². The molecule has 0 radical (unpaired) electrons. The van der Waals surface area contributed by atoms with Crippen LogP contribution in [-0.2, 0) is 16.0 Å². The fourth-order valence-corrected chi connectivity index (χ4v) is 5.36. The van der Waals surface area contributed by atoms with Crippen LogP contribution < -0.4 is 9.64 Å². The Morgan fingerprint density at radius 3 is 2.24 bits per heavy atom. The quantitative estimate of drug-likeness (QED) is 0.220. The Balaban J connectivity index is 1.36. The maximum Gasteiger partial charge on any atom is 0.345 e. The van der Waals surface area contributed by atoms with Gasteiger partial charge in [-0.15, -0.1) is 0 Å². The highest BCUT2D eigenvalue weighted by molar-refractivity contribution is 5.92. The number of hydrogen-bond donors (Lipinski definition) is 0. The number of esters is 2. The number of rotatable bonds is 9. The Morgan fingerprint density at radius 2 is 1.60 bits per heavy atom. The van der Waals surface area contributed by atoms with Crippen LogP contribution in [-0.4, -0.2) is 66.7 Å². The zero-order chi connectivity index (χ0) is 31.9. The van der Waals surface area contributed by atoms with E-state index in [9.17, 15) is 9.59 Å². The van der Waals surface area contributed by atoms with Crippen molar-refractivity contribution in [1.29, 1.82) is 5.26 Å². The molecule has 4 aromatic rings. The van der Waals surface area contributed by atoms with Crippen molar-refractivity contribution >= 4 is 17.9 Å². The molecule has 0 amide bonds. The van der Waals surface area contributed by atoms with Crippen molar-refractivity contribution < 1.29 is 23.8 Å². The summed E-state index contributed by atoms with van der Waals surface area (Å²) in [7, 11) is 1.39. The topological polar surface area (TPSA) is 118 Å². The van der Waals surface area contributed by atoms with Crippen molar-refractivity contribution in [3.8, 4) is 28.8 Å². The minimum absolute atomic E-state index is 0.130. The smallest absolute Gasteiger partial charge is 0.345 e. The molecule has 230 valence electrons. The van der Waals surface area contributed by atoms with Crippen LogP contribution in [0, 0.1) is 25.2 Å². The molecule has 2 heterocycles. The molecule has 10 nitrogen and oxygen atoms in total. The Bertz CT molecular complexity index is 1720. The minimum atomic E-state index is -0.558. The number of nitrogens with zero attached hydrogens (tertiary/aromatic N) is 5. The van der Waals surface area contributed by atoms with Crippen LogP contribution in [0.15, 0.2) is 66.9 Å². The first kappa shape index (κ1) is 31.2. The second-order valence-electron chi connectivity index (χ2n) is 10.8. The molecule has 5 rings (SSSR count). The normalized spacial score (nSPS) is 13.2. The van der Waals surface area contributed by atoms with E-state index in [4.69, 9.17) is 24.5 Å². The van der Waals surface area contributed by atoms with E-state index in [1.54, 1.807) is 25.1 Å². The highest BCUT2D eigenvalue weighted by atomic mass is 16.5. The van der Waals surface area contributed by atoms with Crippen molar-refractivity contribution in [1.82, 2.24) is 14.9 Å². The van der Waals surface area contributed by atoms with Gasteiger partial charge in [0.2, 0.25) is 11.8 Å². The molecule has 1 aliphatic rings. The summed E-state index contributed by atoms with van der Waals surface area (Å²) < 4.78 is 16.6. The number of ether oxygens (including phenoxy) is 3. The largest absolute Gasteiger partial charge is 0.465 e. The lowest BCUT2D eigenvalue weighted by Gasteiger charge is -2.35. The van der Waals surface area contributed by atoms with E-state index in [-0.39, 0.29) is 24.0 Å². The summed E-state index contributed by atoms with van der Waals surface area (Å²) in [4.78, 5) is 38.6. The van der Waals surface area contributed by atoms with E-state index in [0.29, 0.717) is 42.5 Å². The monoisotopic (exact) mass is 605 g/mol. The van der Waals surface area contributed by atoms with E-state index < -0.39 is 5.97 Å². The average Bonchev–Trinajstić information content (AvgIpc) is 3.06. The third-order valence-electron chi connectivity index (χ3n) is 7.71. The molecular formula is C35H35N5O5. The molecule has 3 aromatic carbocycles. The van der Waals surface area contributed by atoms with Crippen molar-refractivity contribution in [2.24, 2.45) is 0 Å². The lowest BCUT2D eigenvalue weighted by atomic mass is 9.99. The van der Waals surface area contributed by atoms with E-state index in [0.717, 1.165) is 40.9 Å². The number of benzene rings is 3. The van der Waals surface area contributed by atoms with Gasteiger partial charge in [0.05, 0.1) is 37.1 Å². The zero-order valence-corrected chi connectivity index (χ0v) is 25.9. The van der Waals surface area contributed by atoms with Gasteiger partial charge in [-0.05, 0) is 78.9 Å². The summed E-state index contributed by atoms with van der Waals surface area (Å²) in [5.41, 5.74) is 5.93. The van der Waals surface area contributed by atoms with Crippen LogP contribution in [0.3, 0.4) is 0 Å². The predicted molar refractivity (Wildman–Crippen MR) is 169 cm³/mol. The highest BCUT2D eigenvalue weighted by Gasteiger charge is 2.25. The van der Waals surface area contributed by atoms with E-state index in [1.165, 1.54) is 13.3 Å². The number of carbonyl (C=O) groups excluding carboxylic acids is 2. The molecule has 1 fully saturated rings.